The number of thioether (sulfide) groups is 1. The van der Waals surface area contributed by atoms with Crippen LogP contribution < -0.4 is 4.90 Å². The molecular formula is C9H12FN3S. The Bertz CT molecular complexity index is 321. The van der Waals surface area contributed by atoms with E-state index in [2.05, 4.69) is 9.97 Å². The molecule has 1 aliphatic heterocycles. The van der Waals surface area contributed by atoms with E-state index in [1.54, 1.807) is 18.0 Å². The van der Waals surface area contributed by atoms with Gasteiger partial charge in [-0.2, -0.15) is 0 Å². The highest BCUT2D eigenvalue weighted by molar-refractivity contribution is 7.98. The summed E-state index contributed by atoms with van der Waals surface area (Å²) in [5.41, 5.74) is 0. The van der Waals surface area contributed by atoms with Crippen molar-refractivity contribution >= 4 is 17.7 Å². The standard InChI is InChI=1S/C9H12FN3S/c1-14-8-2-4-11-9(12-8)13-5-3-7(10)6-13/h2,4,7H,3,5-6H2,1H3. The lowest BCUT2D eigenvalue weighted by molar-refractivity contribution is 0.364. The normalized spacial score (nSPS) is 21.6. The van der Waals surface area contributed by atoms with Gasteiger partial charge < -0.3 is 4.90 Å². The number of rotatable bonds is 2. The van der Waals surface area contributed by atoms with E-state index >= 15 is 0 Å². The Labute approximate surface area is 86.7 Å². The molecule has 3 nitrogen and oxygen atoms in total. The van der Waals surface area contributed by atoms with Gasteiger partial charge in [0.1, 0.15) is 11.2 Å². The number of nitrogens with zero attached hydrogens (tertiary/aromatic N) is 3. The van der Waals surface area contributed by atoms with Crippen LogP contribution in [-0.2, 0) is 0 Å². The minimum absolute atomic E-state index is 0.428. The summed E-state index contributed by atoms with van der Waals surface area (Å²) in [5.74, 6) is 0.650. The van der Waals surface area contributed by atoms with E-state index in [0.29, 0.717) is 18.9 Å². The van der Waals surface area contributed by atoms with Crippen molar-refractivity contribution in [3.63, 3.8) is 0 Å². The highest BCUT2D eigenvalue weighted by Gasteiger charge is 2.23. The molecule has 1 saturated heterocycles. The van der Waals surface area contributed by atoms with Gasteiger partial charge in [0.05, 0.1) is 6.54 Å². The van der Waals surface area contributed by atoms with Gasteiger partial charge in [-0.1, -0.05) is 0 Å². The van der Waals surface area contributed by atoms with E-state index in [-0.39, 0.29) is 0 Å². The van der Waals surface area contributed by atoms with Gasteiger partial charge in [-0.05, 0) is 18.7 Å². The average Bonchev–Trinajstić information content (AvgIpc) is 2.65. The van der Waals surface area contributed by atoms with Crippen molar-refractivity contribution in [2.75, 3.05) is 24.2 Å². The van der Waals surface area contributed by atoms with Crippen LogP contribution in [0.4, 0.5) is 10.3 Å². The Kier molecular flexibility index (Phi) is 2.86. The lowest BCUT2D eigenvalue weighted by Crippen LogP contribution is -2.22. The quantitative estimate of drug-likeness (QED) is 0.553. The monoisotopic (exact) mass is 213 g/mol. The number of hydrogen-bond acceptors (Lipinski definition) is 4. The Morgan fingerprint density at radius 1 is 1.64 bits per heavy atom. The van der Waals surface area contributed by atoms with E-state index in [1.807, 2.05) is 17.2 Å². The minimum Gasteiger partial charge on any atom is -0.338 e. The number of halogens is 1. The van der Waals surface area contributed by atoms with Crippen molar-refractivity contribution in [1.82, 2.24) is 9.97 Å². The molecule has 0 amide bonds. The SMILES string of the molecule is CSc1ccnc(N2CCC(F)C2)n1. The van der Waals surface area contributed by atoms with Crippen LogP contribution in [0.3, 0.4) is 0 Å². The molecular weight excluding hydrogens is 201 g/mol. The predicted molar refractivity (Wildman–Crippen MR) is 55.5 cm³/mol. The van der Waals surface area contributed by atoms with E-state index in [4.69, 9.17) is 0 Å². The molecule has 0 saturated carbocycles. The maximum absolute atomic E-state index is 12.9. The molecule has 0 spiro atoms. The maximum Gasteiger partial charge on any atom is 0.226 e. The van der Waals surface area contributed by atoms with Crippen molar-refractivity contribution in [1.29, 1.82) is 0 Å². The Morgan fingerprint density at radius 3 is 3.14 bits per heavy atom. The topological polar surface area (TPSA) is 29.0 Å². The number of aromatic nitrogens is 2. The van der Waals surface area contributed by atoms with Crippen LogP contribution in [0, 0.1) is 0 Å². The lowest BCUT2D eigenvalue weighted by Gasteiger charge is -2.14. The minimum atomic E-state index is -0.725. The second-order valence-electron chi connectivity index (χ2n) is 3.23. The molecule has 76 valence electrons. The molecule has 2 heterocycles. The molecule has 0 bridgehead atoms. The number of alkyl halides is 1. The van der Waals surface area contributed by atoms with Crippen LogP contribution >= 0.6 is 11.8 Å². The maximum atomic E-state index is 12.9. The molecule has 1 aromatic heterocycles. The van der Waals surface area contributed by atoms with E-state index in [1.165, 1.54) is 0 Å². The fraction of sp³-hybridized carbons (Fsp3) is 0.556. The second-order valence-corrected chi connectivity index (χ2v) is 4.06. The molecule has 5 heteroatoms. The largest absolute Gasteiger partial charge is 0.338 e. The van der Waals surface area contributed by atoms with Crippen LogP contribution in [0.1, 0.15) is 6.42 Å². The van der Waals surface area contributed by atoms with Gasteiger partial charge in [-0.15, -0.1) is 11.8 Å². The third-order valence-corrected chi connectivity index (χ3v) is 2.89. The van der Waals surface area contributed by atoms with Gasteiger partial charge in [-0.3, -0.25) is 0 Å². The van der Waals surface area contributed by atoms with Crippen LogP contribution in [-0.4, -0.2) is 35.5 Å². The lowest BCUT2D eigenvalue weighted by atomic mass is 10.3. The first kappa shape index (κ1) is 9.71. The molecule has 0 radical (unpaired) electrons. The van der Waals surface area contributed by atoms with Gasteiger partial charge in [0, 0.05) is 12.7 Å². The van der Waals surface area contributed by atoms with Gasteiger partial charge >= 0.3 is 0 Å². The summed E-state index contributed by atoms with van der Waals surface area (Å²) in [4.78, 5) is 10.4. The van der Waals surface area contributed by atoms with Gasteiger partial charge in [0.15, 0.2) is 0 Å². The van der Waals surface area contributed by atoms with Crippen molar-refractivity contribution in [2.24, 2.45) is 0 Å². The molecule has 0 aromatic carbocycles. The molecule has 1 fully saturated rings. The van der Waals surface area contributed by atoms with Crippen molar-refractivity contribution < 1.29 is 4.39 Å². The molecule has 2 rings (SSSR count). The van der Waals surface area contributed by atoms with Crippen LogP contribution in [0.15, 0.2) is 17.3 Å². The molecule has 1 atom stereocenters. The zero-order valence-corrected chi connectivity index (χ0v) is 8.80. The molecule has 0 N–H and O–H groups in total. The summed E-state index contributed by atoms with van der Waals surface area (Å²) >= 11 is 1.57. The smallest absolute Gasteiger partial charge is 0.226 e. The summed E-state index contributed by atoms with van der Waals surface area (Å²) in [5, 5.41) is 0.928. The van der Waals surface area contributed by atoms with E-state index in [9.17, 15) is 4.39 Å². The second kappa shape index (κ2) is 4.13. The van der Waals surface area contributed by atoms with Crippen LogP contribution in [0.5, 0.6) is 0 Å². The fourth-order valence-corrected chi connectivity index (χ4v) is 1.87. The Hall–Kier alpha value is -0.840. The van der Waals surface area contributed by atoms with Gasteiger partial charge in [0.2, 0.25) is 5.95 Å². The first-order valence-electron chi connectivity index (χ1n) is 4.55. The first-order valence-corrected chi connectivity index (χ1v) is 5.78. The summed E-state index contributed by atoms with van der Waals surface area (Å²) in [7, 11) is 0. The molecule has 14 heavy (non-hydrogen) atoms. The van der Waals surface area contributed by atoms with Gasteiger partial charge in [-0.25, -0.2) is 14.4 Å². The molecule has 1 aromatic rings. The number of hydrogen-bond donors (Lipinski definition) is 0. The molecule has 0 aliphatic carbocycles. The van der Waals surface area contributed by atoms with Crippen molar-refractivity contribution in [3.05, 3.63) is 12.3 Å². The Morgan fingerprint density at radius 2 is 2.50 bits per heavy atom. The third kappa shape index (κ3) is 1.97. The van der Waals surface area contributed by atoms with E-state index < -0.39 is 6.17 Å². The number of anilines is 1. The summed E-state index contributed by atoms with van der Waals surface area (Å²) in [6.07, 6.45) is 3.55. The summed E-state index contributed by atoms with van der Waals surface area (Å²) < 4.78 is 12.9. The molecule has 1 unspecified atom stereocenters. The highest BCUT2D eigenvalue weighted by Crippen LogP contribution is 2.20. The van der Waals surface area contributed by atoms with Crippen molar-refractivity contribution in [2.45, 2.75) is 17.6 Å². The average molecular weight is 213 g/mol. The van der Waals surface area contributed by atoms with Crippen molar-refractivity contribution in [3.8, 4) is 0 Å². The van der Waals surface area contributed by atoms with Gasteiger partial charge in [0.25, 0.3) is 0 Å². The predicted octanol–water partition coefficient (Wildman–Crippen LogP) is 1.75. The first-order chi connectivity index (χ1) is 6.79. The fourth-order valence-electron chi connectivity index (χ4n) is 1.50. The van der Waals surface area contributed by atoms with Crippen LogP contribution in [0.25, 0.3) is 0 Å². The summed E-state index contributed by atoms with van der Waals surface area (Å²) in [6, 6.07) is 1.86. The van der Waals surface area contributed by atoms with Crippen LogP contribution in [0.2, 0.25) is 0 Å². The zero-order valence-electron chi connectivity index (χ0n) is 7.98. The third-order valence-electron chi connectivity index (χ3n) is 2.24. The molecule has 1 aliphatic rings. The van der Waals surface area contributed by atoms with E-state index in [0.717, 1.165) is 11.6 Å². The highest BCUT2D eigenvalue weighted by atomic mass is 32.2. The summed E-state index contributed by atoms with van der Waals surface area (Å²) in [6.45, 7) is 1.15. The zero-order chi connectivity index (χ0) is 9.97. The Balaban J connectivity index is 2.15.